The molecule has 3 atom stereocenters. The number of nitrogens with one attached hydrogen (secondary N) is 1. The molecule has 0 heterocycles. The van der Waals surface area contributed by atoms with Crippen LogP contribution in [0.1, 0.15) is 97.3 Å². The second-order valence-corrected chi connectivity index (χ2v) is 13.5. The van der Waals surface area contributed by atoms with Gasteiger partial charge in [-0.3, -0.25) is 9.59 Å². The van der Waals surface area contributed by atoms with Crippen molar-refractivity contribution >= 4 is 33.3 Å². The Morgan fingerprint density at radius 1 is 0.939 bits per heavy atom. The van der Waals surface area contributed by atoms with E-state index in [1.54, 1.807) is 6.92 Å². The van der Waals surface area contributed by atoms with Gasteiger partial charge in [0.2, 0.25) is 11.8 Å². The van der Waals surface area contributed by atoms with E-state index >= 15 is 0 Å². The number of nitrogens with zero attached hydrogens (tertiary/aromatic N) is 1. The van der Waals surface area contributed by atoms with Gasteiger partial charge >= 0.3 is 0 Å². The van der Waals surface area contributed by atoms with E-state index in [4.69, 9.17) is 11.6 Å². The van der Waals surface area contributed by atoms with Crippen molar-refractivity contribution in [2.24, 2.45) is 11.8 Å². The summed E-state index contributed by atoms with van der Waals surface area (Å²) in [5.41, 5.74) is 0. The average molecular weight is 503 g/mol. The molecule has 0 radical (unpaired) electrons. The molecule has 0 aromatic heterocycles. The monoisotopic (exact) mass is 502 g/mol. The fourth-order valence-electron chi connectivity index (χ4n) is 6.20. The fourth-order valence-corrected chi connectivity index (χ4v) is 8.11. The number of sulfone groups is 1. The van der Waals surface area contributed by atoms with Crippen molar-refractivity contribution in [1.82, 2.24) is 10.2 Å². The molecule has 0 bridgehead atoms. The third-order valence-electron chi connectivity index (χ3n) is 8.27. The van der Waals surface area contributed by atoms with Crippen LogP contribution < -0.4 is 5.32 Å². The van der Waals surface area contributed by atoms with Crippen LogP contribution in [0.5, 0.6) is 0 Å². The highest BCUT2D eigenvalue weighted by Gasteiger charge is 2.38. The summed E-state index contributed by atoms with van der Waals surface area (Å²) in [6, 6.07) is 0.380. The Labute approximate surface area is 205 Å². The molecule has 0 spiro atoms. The molecule has 2 amide bonds. The lowest BCUT2D eigenvalue weighted by Gasteiger charge is -2.39. The van der Waals surface area contributed by atoms with Crippen LogP contribution in [-0.2, 0) is 19.4 Å². The van der Waals surface area contributed by atoms with Gasteiger partial charge in [-0.25, -0.2) is 8.42 Å². The van der Waals surface area contributed by atoms with Crippen molar-refractivity contribution < 1.29 is 18.0 Å². The number of rotatable bonds is 8. The van der Waals surface area contributed by atoms with Crippen molar-refractivity contribution in [3.05, 3.63) is 0 Å². The summed E-state index contributed by atoms with van der Waals surface area (Å²) in [6.45, 7) is 4.51. The average Bonchev–Trinajstić information content (AvgIpc) is 2.80. The minimum Gasteiger partial charge on any atom is -0.353 e. The van der Waals surface area contributed by atoms with E-state index in [1.807, 2.05) is 0 Å². The quantitative estimate of drug-likeness (QED) is 0.497. The Kier molecular flexibility index (Phi) is 9.93. The van der Waals surface area contributed by atoms with Gasteiger partial charge in [0.25, 0.3) is 0 Å². The second kappa shape index (κ2) is 12.2. The number of halogens is 1. The molecule has 8 heteroatoms. The molecule has 3 rings (SSSR count). The van der Waals surface area contributed by atoms with Crippen LogP contribution in [0, 0.1) is 11.8 Å². The lowest BCUT2D eigenvalue weighted by atomic mass is 9.83. The molecule has 3 aliphatic rings. The summed E-state index contributed by atoms with van der Waals surface area (Å²) >= 11 is 6.70. The lowest BCUT2D eigenvalue weighted by molar-refractivity contribution is -0.139. The van der Waals surface area contributed by atoms with Crippen LogP contribution in [-0.4, -0.2) is 60.1 Å². The maximum absolute atomic E-state index is 13.3. The molecule has 1 N–H and O–H groups in total. The van der Waals surface area contributed by atoms with Crippen LogP contribution in [0.4, 0.5) is 0 Å². The van der Waals surface area contributed by atoms with Crippen LogP contribution in [0.2, 0.25) is 0 Å². The first-order valence-electron chi connectivity index (χ1n) is 13.2. The Morgan fingerprint density at radius 3 is 2.18 bits per heavy atom. The zero-order chi connectivity index (χ0) is 24.0. The van der Waals surface area contributed by atoms with Gasteiger partial charge in [-0.15, -0.1) is 11.6 Å². The van der Waals surface area contributed by atoms with E-state index in [9.17, 15) is 18.0 Å². The summed E-state index contributed by atoms with van der Waals surface area (Å²) in [5.74, 6) is 0.537. The van der Waals surface area contributed by atoms with Gasteiger partial charge in [-0.2, -0.15) is 0 Å². The molecule has 190 valence electrons. The second-order valence-electron chi connectivity index (χ2n) is 10.4. The lowest BCUT2D eigenvalue weighted by Crippen LogP contribution is -2.50. The summed E-state index contributed by atoms with van der Waals surface area (Å²) in [4.78, 5) is 28.0. The first-order chi connectivity index (χ1) is 15.7. The largest absolute Gasteiger partial charge is 0.353 e. The normalized spacial score (nSPS) is 31.7. The molecule has 33 heavy (non-hydrogen) atoms. The molecular weight excluding hydrogens is 460 g/mol. The highest BCUT2D eigenvalue weighted by molar-refractivity contribution is 7.92. The number of carbonyl (C=O) groups is 2. The standard InChI is InChI=1S/C25H43ClN2O4S/c1-3-28(20-8-6-5-7-9-20)25(30)22-15-12-19(17-23(22)26)27-24(29)16-18-10-13-21(14-11-18)33(31,32)4-2/h18-23H,3-17H2,1-2H3,(H,27,29). The summed E-state index contributed by atoms with van der Waals surface area (Å²) in [5, 5.41) is 2.67. The molecule has 3 saturated carbocycles. The maximum Gasteiger partial charge on any atom is 0.227 e. The van der Waals surface area contributed by atoms with Gasteiger partial charge < -0.3 is 10.2 Å². The molecule has 3 unspecified atom stereocenters. The zero-order valence-electron chi connectivity index (χ0n) is 20.4. The maximum atomic E-state index is 13.3. The number of hydrogen-bond donors (Lipinski definition) is 1. The smallest absolute Gasteiger partial charge is 0.227 e. The molecule has 0 saturated heterocycles. The molecule has 6 nitrogen and oxygen atoms in total. The van der Waals surface area contributed by atoms with Gasteiger partial charge in [0, 0.05) is 36.2 Å². The van der Waals surface area contributed by atoms with E-state index < -0.39 is 9.84 Å². The number of hydrogen-bond acceptors (Lipinski definition) is 4. The number of amides is 2. The van der Waals surface area contributed by atoms with E-state index in [-0.39, 0.29) is 46.1 Å². The van der Waals surface area contributed by atoms with Crippen molar-refractivity contribution in [3.63, 3.8) is 0 Å². The summed E-state index contributed by atoms with van der Waals surface area (Å²) in [6.07, 6.45) is 11.4. The fraction of sp³-hybridized carbons (Fsp3) is 0.920. The molecule has 0 aromatic rings. The van der Waals surface area contributed by atoms with Crippen LogP contribution in [0.15, 0.2) is 0 Å². The summed E-state index contributed by atoms with van der Waals surface area (Å²) < 4.78 is 24.2. The van der Waals surface area contributed by atoms with Crippen LogP contribution >= 0.6 is 11.6 Å². The van der Waals surface area contributed by atoms with Gasteiger partial charge in [0.15, 0.2) is 9.84 Å². The van der Waals surface area contributed by atoms with E-state index in [1.165, 1.54) is 19.3 Å². The molecular formula is C25H43ClN2O4S. The molecule has 3 fully saturated rings. The number of alkyl halides is 1. The third kappa shape index (κ3) is 7.09. The predicted molar refractivity (Wildman–Crippen MR) is 133 cm³/mol. The highest BCUT2D eigenvalue weighted by atomic mass is 35.5. The van der Waals surface area contributed by atoms with Crippen LogP contribution in [0.25, 0.3) is 0 Å². The Morgan fingerprint density at radius 2 is 1.61 bits per heavy atom. The van der Waals surface area contributed by atoms with Gasteiger partial charge in [0.1, 0.15) is 0 Å². The number of carbonyl (C=O) groups excluding carboxylic acids is 2. The summed E-state index contributed by atoms with van der Waals surface area (Å²) in [7, 11) is -2.98. The van der Waals surface area contributed by atoms with Crippen molar-refractivity contribution in [3.8, 4) is 0 Å². The van der Waals surface area contributed by atoms with Crippen LogP contribution in [0.3, 0.4) is 0 Å². The SMILES string of the molecule is CCN(C(=O)C1CCC(NC(=O)CC2CCC(S(=O)(=O)CC)CC2)CC1Cl)C1CCCCC1. The first kappa shape index (κ1) is 26.8. The van der Waals surface area contributed by atoms with Crippen molar-refractivity contribution in [1.29, 1.82) is 0 Å². The Balaban J connectivity index is 1.43. The topological polar surface area (TPSA) is 83.6 Å². The van der Waals surface area contributed by atoms with E-state index in [2.05, 4.69) is 17.1 Å². The van der Waals surface area contributed by atoms with E-state index in [0.717, 1.165) is 45.1 Å². The van der Waals surface area contributed by atoms with Gasteiger partial charge in [-0.05, 0) is 70.6 Å². The third-order valence-corrected chi connectivity index (χ3v) is 11.0. The highest BCUT2D eigenvalue weighted by Crippen LogP contribution is 2.34. The minimum atomic E-state index is -2.98. The Hall–Kier alpha value is -0.820. The molecule has 0 aromatic carbocycles. The zero-order valence-corrected chi connectivity index (χ0v) is 22.0. The van der Waals surface area contributed by atoms with E-state index in [0.29, 0.717) is 31.7 Å². The van der Waals surface area contributed by atoms with Crippen molar-refractivity contribution in [2.75, 3.05) is 12.3 Å². The van der Waals surface area contributed by atoms with Gasteiger partial charge in [-0.1, -0.05) is 26.2 Å². The Bertz CT molecular complexity index is 760. The minimum absolute atomic E-state index is 0.0191. The predicted octanol–water partition coefficient (Wildman–Crippen LogP) is 4.44. The van der Waals surface area contributed by atoms with Gasteiger partial charge in [0.05, 0.1) is 11.2 Å². The first-order valence-corrected chi connectivity index (χ1v) is 15.4. The van der Waals surface area contributed by atoms with Crippen molar-refractivity contribution in [2.45, 2.75) is 120 Å². The molecule has 3 aliphatic carbocycles. The molecule has 0 aliphatic heterocycles.